The number of likely N-dealkylation sites (tertiary alicyclic amines) is 1. The monoisotopic (exact) mass is 509 g/mol. The number of likely N-dealkylation sites (N-methyl/N-ethyl adjacent to an activating group) is 1. The third-order valence-corrected chi connectivity index (χ3v) is 6.60. The molecule has 2 aromatic carbocycles. The minimum Gasteiger partial charge on any atom is -0.478 e. The average Bonchev–Trinajstić information content (AvgIpc) is 2.78. The molecule has 0 amide bonds. The van der Waals surface area contributed by atoms with Crippen molar-refractivity contribution in [3.05, 3.63) is 81.0 Å². The summed E-state index contributed by atoms with van der Waals surface area (Å²) in [5, 5.41) is 10.2. The maximum atomic E-state index is 14.9. The molecule has 1 fully saturated rings. The van der Waals surface area contributed by atoms with E-state index in [-0.39, 0.29) is 35.1 Å². The number of hydrogen-bond donors (Lipinski definition) is 1. The zero-order chi connectivity index (χ0) is 25.3. The van der Waals surface area contributed by atoms with E-state index in [1.807, 2.05) is 0 Å². The molecule has 0 saturated carbocycles. The van der Waals surface area contributed by atoms with E-state index in [4.69, 9.17) is 11.6 Å². The fraction of sp³-hybridized carbons (Fsp3) is 0.360. The van der Waals surface area contributed by atoms with E-state index in [9.17, 15) is 27.5 Å². The van der Waals surface area contributed by atoms with Crippen molar-refractivity contribution >= 4 is 23.4 Å². The number of hydrogen-bond acceptors (Lipinski definition) is 4. The van der Waals surface area contributed by atoms with Crippen molar-refractivity contribution < 1.29 is 27.5 Å². The summed E-state index contributed by atoms with van der Waals surface area (Å²) in [7, 11) is 0. The first kappa shape index (κ1) is 25.2. The van der Waals surface area contributed by atoms with Crippen LogP contribution in [-0.2, 0) is 4.79 Å². The smallest absolute Gasteiger partial charge is 0.335 e. The molecule has 0 aromatic heterocycles. The molecule has 0 bridgehead atoms. The van der Waals surface area contributed by atoms with Crippen LogP contribution < -0.4 is 0 Å². The van der Waals surface area contributed by atoms with Crippen LogP contribution in [0.4, 0.5) is 17.6 Å². The maximum absolute atomic E-state index is 14.9. The number of nitrogens with zero attached hydrogens (tertiary/aromatic N) is 3. The van der Waals surface area contributed by atoms with Crippen molar-refractivity contribution in [3.8, 4) is 0 Å². The summed E-state index contributed by atoms with van der Waals surface area (Å²) in [6.45, 7) is 3.53. The third kappa shape index (κ3) is 5.06. The second-order valence-corrected chi connectivity index (χ2v) is 8.92. The number of piperidine rings is 1. The van der Waals surface area contributed by atoms with Crippen LogP contribution in [0.25, 0.3) is 0 Å². The predicted octanol–water partition coefficient (Wildman–Crippen LogP) is 5.54. The maximum Gasteiger partial charge on any atom is 0.335 e. The summed E-state index contributed by atoms with van der Waals surface area (Å²) >= 11 is 6.27. The molecule has 1 unspecified atom stereocenters. The van der Waals surface area contributed by atoms with Gasteiger partial charge in [-0.2, -0.15) is 0 Å². The zero-order valence-corrected chi connectivity index (χ0v) is 19.8. The lowest BCUT2D eigenvalue weighted by atomic mass is 9.93. The van der Waals surface area contributed by atoms with Gasteiger partial charge >= 0.3 is 5.97 Å². The van der Waals surface area contributed by atoms with Gasteiger partial charge in [0.1, 0.15) is 35.1 Å². The predicted molar refractivity (Wildman–Crippen MR) is 124 cm³/mol. The molecule has 1 atom stereocenters. The Bertz CT molecular complexity index is 1190. The molecule has 186 valence electrons. The number of benzene rings is 2. The van der Waals surface area contributed by atoms with Crippen LogP contribution in [-0.4, -0.2) is 52.9 Å². The van der Waals surface area contributed by atoms with Gasteiger partial charge in [0.2, 0.25) is 0 Å². The topological polar surface area (TPSA) is 56.1 Å². The number of rotatable bonds is 6. The SMILES string of the molecule is CCN1C(c2c(F)cc(F)cc2F)=NC(c2ccc(F)cc2Cl)C(C(=O)O)=C1CN1CCCCC1. The van der Waals surface area contributed by atoms with Gasteiger partial charge < -0.3 is 10.0 Å². The van der Waals surface area contributed by atoms with Crippen LogP contribution in [0.3, 0.4) is 0 Å². The van der Waals surface area contributed by atoms with Gasteiger partial charge in [0, 0.05) is 41.5 Å². The Morgan fingerprint density at radius 1 is 1.06 bits per heavy atom. The molecular weight excluding hydrogens is 486 g/mol. The van der Waals surface area contributed by atoms with Crippen LogP contribution in [0, 0.1) is 23.3 Å². The minimum atomic E-state index is -1.27. The van der Waals surface area contributed by atoms with Gasteiger partial charge in [-0.25, -0.2) is 22.4 Å². The standard InChI is InChI=1S/C25H24ClF4N3O2/c1-2-33-20(13-32-8-4-3-5-9-32)22(25(34)35)23(16-7-6-14(27)10-17(16)26)31-24(33)21-18(29)11-15(28)12-19(21)30/h6-7,10-12,23H,2-5,8-9,13H2,1H3,(H,34,35). The Hall–Kier alpha value is -2.91. The lowest BCUT2D eigenvalue weighted by molar-refractivity contribution is -0.133. The molecule has 1 saturated heterocycles. The molecule has 0 aliphatic carbocycles. The number of carboxylic acid groups (broad SMARTS) is 1. The second-order valence-electron chi connectivity index (χ2n) is 8.51. The van der Waals surface area contributed by atoms with Gasteiger partial charge in [-0.05, 0) is 45.0 Å². The average molecular weight is 510 g/mol. The van der Waals surface area contributed by atoms with Crippen molar-refractivity contribution in [1.29, 1.82) is 0 Å². The van der Waals surface area contributed by atoms with Crippen molar-refractivity contribution in [2.75, 3.05) is 26.2 Å². The first-order valence-electron chi connectivity index (χ1n) is 11.3. The molecule has 2 aliphatic rings. The minimum absolute atomic E-state index is 0.0702. The van der Waals surface area contributed by atoms with Gasteiger partial charge in [0.15, 0.2) is 0 Å². The quantitative estimate of drug-likeness (QED) is 0.519. The molecule has 2 aliphatic heterocycles. The Morgan fingerprint density at radius 3 is 2.29 bits per heavy atom. The highest BCUT2D eigenvalue weighted by Gasteiger charge is 2.38. The third-order valence-electron chi connectivity index (χ3n) is 6.27. The summed E-state index contributed by atoms with van der Waals surface area (Å²) in [6.07, 6.45) is 2.94. The fourth-order valence-electron chi connectivity index (χ4n) is 4.67. The Kier molecular flexibility index (Phi) is 7.47. The van der Waals surface area contributed by atoms with E-state index in [0.717, 1.165) is 44.5 Å². The highest BCUT2D eigenvalue weighted by atomic mass is 35.5. The van der Waals surface area contributed by atoms with Crippen LogP contribution in [0.15, 0.2) is 46.6 Å². The summed E-state index contributed by atoms with van der Waals surface area (Å²) < 4.78 is 57.2. The number of aliphatic carboxylic acids is 1. The Morgan fingerprint density at radius 2 is 1.71 bits per heavy atom. The first-order valence-corrected chi connectivity index (χ1v) is 11.7. The number of amidine groups is 1. The molecule has 35 heavy (non-hydrogen) atoms. The molecule has 5 nitrogen and oxygen atoms in total. The molecular formula is C25H24ClF4N3O2. The fourth-order valence-corrected chi connectivity index (χ4v) is 4.94. The van der Waals surface area contributed by atoms with E-state index in [0.29, 0.717) is 17.8 Å². The van der Waals surface area contributed by atoms with Gasteiger partial charge in [-0.3, -0.25) is 9.89 Å². The number of carboxylic acids is 1. The van der Waals surface area contributed by atoms with Crippen LogP contribution in [0.1, 0.15) is 43.4 Å². The summed E-state index contributed by atoms with van der Waals surface area (Å²) in [6, 6.07) is 3.29. The molecule has 10 heteroatoms. The summed E-state index contributed by atoms with van der Waals surface area (Å²) in [4.78, 5) is 20.5. The molecule has 2 aromatic rings. The highest BCUT2D eigenvalue weighted by molar-refractivity contribution is 6.31. The highest BCUT2D eigenvalue weighted by Crippen LogP contribution is 2.39. The molecule has 4 rings (SSSR count). The number of halogens is 5. The normalized spacial score (nSPS) is 19.2. The van der Waals surface area contributed by atoms with E-state index < -0.39 is 40.8 Å². The first-order chi connectivity index (χ1) is 16.7. The number of aliphatic imine (C=N–C) groups is 1. The van der Waals surface area contributed by atoms with Gasteiger partial charge in [0.25, 0.3) is 0 Å². The lowest BCUT2D eigenvalue weighted by Gasteiger charge is -2.38. The van der Waals surface area contributed by atoms with E-state index in [2.05, 4.69) is 9.89 Å². The van der Waals surface area contributed by atoms with Crippen molar-refractivity contribution in [2.45, 2.75) is 32.2 Å². The molecule has 0 spiro atoms. The molecule has 1 N–H and O–H groups in total. The van der Waals surface area contributed by atoms with Crippen LogP contribution in [0.2, 0.25) is 5.02 Å². The molecule has 2 heterocycles. The van der Waals surface area contributed by atoms with Crippen molar-refractivity contribution in [1.82, 2.24) is 9.80 Å². The zero-order valence-electron chi connectivity index (χ0n) is 19.0. The van der Waals surface area contributed by atoms with E-state index >= 15 is 0 Å². The van der Waals surface area contributed by atoms with Gasteiger partial charge in [0.05, 0.1) is 11.1 Å². The van der Waals surface area contributed by atoms with Crippen molar-refractivity contribution in [3.63, 3.8) is 0 Å². The summed E-state index contributed by atoms with van der Waals surface area (Å²) in [5.41, 5.74) is -0.201. The van der Waals surface area contributed by atoms with E-state index in [1.165, 1.54) is 11.0 Å². The van der Waals surface area contributed by atoms with Crippen LogP contribution >= 0.6 is 11.6 Å². The summed E-state index contributed by atoms with van der Waals surface area (Å²) in [5.74, 6) is -5.50. The molecule has 0 radical (unpaired) electrons. The van der Waals surface area contributed by atoms with Crippen LogP contribution in [0.5, 0.6) is 0 Å². The van der Waals surface area contributed by atoms with E-state index in [1.54, 1.807) is 6.92 Å². The second kappa shape index (κ2) is 10.4. The lowest BCUT2D eigenvalue weighted by Crippen LogP contribution is -2.44. The Labute approximate surface area is 205 Å². The Balaban J connectivity index is 1.96. The largest absolute Gasteiger partial charge is 0.478 e. The van der Waals surface area contributed by atoms with Gasteiger partial charge in [-0.15, -0.1) is 0 Å². The van der Waals surface area contributed by atoms with Gasteiger partial charge in [-0.1, -0.05) is 24.1 Å². The number of carbonyl (C=O) groups is 1. The van der Waals surface area contributed by atoms with Crippen molar-refractivity contribution in [2.24, 2.45) is 4.99 Å².